The Balaban J connectivity index is 1.76. The fraction of sp³-hybridized carbons (Fsp3) is 0.462. The van der Waals surface area contributed by atoms with Crippen molar-refractivity contribution in [3.63, 3.8) is 0 Å². The fourth-order valence-electron chi connectivity index (χ4n) is 2.19. The lowest BCUT2D eigenvalue weighted by atomic mass is 10.3. The molecule has 2 aromatic heterocycles. The van der Waals surface area contributed by atoms with E-state index in [2.05, 4.69) is 47.3 Å². The Bertz CT molecular complexity index is 550. The molecule has 0 spiro atoms. The highest BCUT2D eigenvalue weighted by atomic mass is 32.1. The number of anilines is 3. The highest BCUT2D eigenvalue weighted by molar-refractivity contribution is 7.07. The highest BCUT2D eigenvalue weighted by Gasteiger charge is 2.17. The third-order valence-corrected chi connectivity index (χ3v) is 4.00. The van der Waals surface area contributed by atoms with Crippen molar-refractivity contribution in [2.45, 2.75) is 19.4 Å². The summed E-state index contributed by atoms with van der Waals surface area (Å²) >= 11 is 1.69. The van der Waals surface area contributed by atoms with E-state index in [-0.39, 0.29) is 0 Å². The normalized spacial score (nSPS) is 14.6. The molecule has 0 aliphatic carbocycles. The van der Waals surface area contributed by atoms with Crippen molar-refractivity contribution in [3.8, 4) is 0 Å². The van der Waals surface area contributed by atoms with Crippen LogP contribution in [0.25, 0.3) is 0 Å². The molecule has 6 nitrogen and oxygen atoms in total. The van der Waals surface area contributed by atoms with E-state index in [1.807, 2.05) is 7.05 Å². The molecule has 0 saturated carbocycles. The van der Waals surface area contributed by atoms with Gasteiger partial charge in [-0.3, -0.25) is 0 Å². The Kier molecular flexibility index (Phi) is 3.96. The first-order valence-electron chi connectivity index (χ1n) is 6.79. The van der Waals surface area contributed by atoms with Gasteiger partial charge in [-0.25, -0.2) is 0 Å². The van der Waals surface area contributed by atoms with Gasteiger partial charge in [-0.05, 0) is 35.2 Å². The quantitative estimate of drug-likeness (QED) is 0.880. The second-order valence-corrected chi connectivity index (χ2v) is 5.49. The highest BCUT2D eigenvalue weighted by Crippen LogP contribution is 2.18. The monoisotopic (exact) mass is 290 g/mol. The maximum atomic E-state index is 4.52. The molecular formula is C13H18N6S. The maximum absolute atomic E-state index is 4.52. The molecule has 20 heavy (non-hydrogen) atoms. The molecule has 2 aromatic rings. The Morgan fingerprint density at radius 1 is 1.20 bits per heavy atom. The number of rotatable bonds is 5. The zero-order valence-electron chi connectivity index (χ0n) is 11.5. The van der Waals surface area contributed by atoms with E-state index < -0.39 is 0 Å². The lowest BCUT2D eigenvalue weighted by Gasteiger charge is -2.16. The minimum atomic E-state index is 0.606. The maximum Gasteiger partial charge on any atom is 0.231 e. The van der Waals surface area contributed by atoms with Gasteiger partial charge in [0.1, 0.15) is 0 Å². The summed E-state index contributed by atoms with van der Waals surface area (Å²) in [6.45, 7) is 2.78. The van der Waals surface area contributed by atoms with E-state index in [0.29, 0.717) is 11.9 Å². The van der Waals surface area contributed by atoms with Gasteiger partial charge < -0.3 is 15.5 Å². The summed E-state index contributed by atoms with van der Waals surface area (Å²) in [6, 6.07) is 2.10. The molecule has 0 radical (unpaired) electrons. The molecule has 0 aromatic carbocycles. The molecule has 0 amide bonds. The summed E-state index contributed by atoms with van der Waals surface area (Å²) in [6.07, 6.45) is 2.41. The fourth-order valence-corrected chi connectivity index (χ4v) is 2.86. The Morgan fingerprint density at radius 2 is 2.00 bits per heavy atom. The summed E-state index contributed by atoms with van der Waals surface area (Å²) in [5, 5.41) is 10.4. The Hall–Kier alpha value is -1.89. The van der Waals surface area contributed by atoms with Gasteiger partial charge >= 0.3 is 0 Å². The molecule has 2 N–H and O–H groups in total. The number of nitrogens with one attached hydrogen (secondary N) is 2. The number of hydrogen-bond donors (Lipinski definition) is 2. The second kappa shape index (κ2) is 6.04. The van der Waals surface area contributed by atoms with E-state index >= 15 is 0 Å². The Morgan fingerprint density at radius 3 is 2.70 bits per heavy atom. The van der Waals surface area contributed by atoms with Crippen molar-refractivity contribution in [3.05, 3.63) is 22.4 Å². The van der Waals surface area contributed by atoms with E-state index in [4.69, 9.17) is 0 Å². The zero-order chi connectivity index (χ0) is 13.8. The topological polar surface area (TPSA) is 66.0 Å². The van der Waals surface area contributed by atoms with Crippen LogP contribution in [0.3, 0.4) is 0 Å². The van der Waals surface area contributed by atoms with E-state index in [9.17, 15) is 0 Å². The summed E-state index contributed by atoms with van der Waals surface area (Å²) < 4.78 is 0. The number of thiophene rings is 1. The van der Waals surface area contributed by atoms with Crippen LogP contribution < -0.4 is 15.5 Å². The van der Waals surface area contributed by atoms with Gasteiger partial charge in [0.15, 0.2) is 0 Å². The van der Waals surface area contributed by atoms with Crippen LogP contribution in [0.2, 0.25) is 0 Å². The molecule has 1 saturated heterocycles. The lowest BCUT2D eigenvalue weighted by molar-refractivity contribution is 0.878. The molecule has 0 atom stereocenters. The average molecular weight is 290 g/mol. The van der Waals surface area contributed by atoms with Crippen molar-refractivity contribution in [1.82, 2.24) is 15.0 Å². The van der Waals surface area contributed by atoms with Gasteiger partial charge in [0.05, 0.1) is 0 Å². The molecule has 0 bridgehead atoms. The molecule has 3 heterocycles. The summed E-state index contributed by atoms with van der Waals surface area (Å²) in [4.78, 5) is 15.5. The van der Waals surface area contributed by atoms with Crippen LogP contribution in [-0.2, 0) is 6.54 Å². The van der Waals surface area contributed by atoms with Gasteiger partial charge in [-0.1, -0.05) is 0 Å². The molecule has 106 valence electrons. The van der Waals surface area contributed by atoms with Crippen LogP contribution in [0, 0.1) is 0 Å². The first-order valence-corrected chi connectivity index (χ1v) is 7.73. The minimum absolute atomic E-state index is 0.606. The first kappa shape index (κ1) is 13.1. The van der Waals surface area contributed by atoms with E-state index in [1.165, 1.54) is 18.4 Å². The minimum Gasteiger partial charge on any atom is -0.357 e. The number of hydrogen-bond acceptors (Lipinski definition) is 7. The molecular weight excluding hydrogens is 272 g/mol. The standard InChI is InChI=1S/C13H18N6S/c1-14-11-16-12(15-8-10-4-7-20-9-10)18-13(17-11)19-5-2-3-6-19/h4,7,9H,2-3,5-6,8H2,1H3,(H2,14,15,16,17,18). The predicted molar refractivity (Wildman–Crippen MR) is 82.5 cm³/mol. The predicted octanol–water partition coefficient (Wildman–Crippen LogP) is 2.19. The van der Waals surface area contributed by atoms with Crippen LogP contribution in [-0.4, -0.2) is 35.1 Å². The molecule has 7 heteroatoms. The smallest absolute Gasteiger partial charge is 0.231 e. The molecule has 1 fully saturated rings. The largest absolute Gasteiger partial charge is 0.357 e. The van der Waals surface area contributed by atoms with Crippen molar-refractivity contribution in [2.24, 2.45) is 0 Å². The SMILES string of the molecule is CNc1nc(NCc2ccsc2)nc(N2CCCC2)n1. The molecule has 3 rings (SSSR count). The number of nitrogens with zero attached hydrogens (tertiary/aromatic N) is 4. The van der Waals surface area contributed by atoms with Gasteiger partial charge in [0.25, 0.3) is 0 Å². The summed E-state index contributed by atoms with van der Waals surface area (Å²) in [5.41, 5.74) is 1.24. The van der Waals surface area contributed by atoms with Gasteiger partial charge in [0.2, 0.25) is 17.8 Å². The Labute approximate surface area is 122 Å². The van der Waals surface area contributed by atoms with Crippen LogP contribution in [0.4, 0.5) is 17.8 Å². The van der Waals surface area contributed by atoms with Crippen LogP contribution in [0.15, 0.2) is 16.8 Å². The van der Waals surface area contributed by atoms with Crippen molar-refractivity contribution < 1.29 is 0 Å². The van der Waals surface area contributed by atoms with Crippen molar-refractivity contribution in [2.75, 3.05) is 35.7 Å². The molecule has 0 unspecified atom stereocenters. The van der Waals surface area contributed by atoms with E-state index in [0.717, 1.165) is 25.6 Å². The summed E-state index contributed by atoms with van der Waals surface area (Å²) in [5.74, 6) is 1.99. The average Bonchev–Trinajstić information content (AvgIpc) is 3.17. The molecule has 1 aliphatic heterocycles. The van der Waals surface area contributed by atoms with Gasteiger partial charge in [-0.15, -0.1) is 0 Å². The van der Waals surface area contributed by atoms with Crippen molar-refractivity contribution in [1.29, 1.82) is 0 Å². The summed E-state index contributed by atoms with van der Waals surface area (Å²) in [7, 11) is 1.83. The second-order valence-electron chi connectivity index (χ2n) is 4.71. The first-order chi connectivity index (χ1) is 9.85. The van der Waals surface area contributed by atoms with Crippen LogP contribution >= 0.6 is 11.3 Å². The van der Waals surface area contributed by atoms with Crippen LogP contribution in [0.5, 0.6) is 0 Å². The van der Waals surface area contributed by atoms with Gasteiger partial charge in [-0.2, -0.15) is 26.3 Å². The third kappa shape index (κ3) is 2.98. The zero-order valence-corrected chi connectivity index (χ0v) is 12.3. The number of aromatic nitrogens is 3. The van der Waals surface area contributed by atoms with Crippen LogP contribution in [0.1, 0.15) is 18.4 Å². The third-order valence-electron chi connectivity index (χ3n) is 3.27. The van der Waals surface area contributed by atoms with Gasteiger partial charge in [0, 0.05) is 26.7 Å². The molecule has 1 aliphatic rings. The van der Waals surface area contributed by atoms with Crippen molar-refractivity contribution >= 4 is 29.2 Å². The lowest BCUT2D eigenvalue weighted by Crippen LogP contribution is -2.22. The van der Waals surface area contributed by atoms with E-state index in [1.54, 1.807) is 11.3 Å².